The Morgan fingerprint density at radius 3 is 2.88 bits per heavy atom. The molecule has 0 spiro atoms. The fourth-order valence-corrected chi connectivity index (χ4v) is 2.58. The molecule has 0 radical (unpaired) electrons. The van der Waals surface area contributed by atoms with Gasteiger partial charge in [0.1, 0.15) is 6.04 Å². The molecule has 0 saturated carbocycles. The Bertz CT molecular complexity index is 233. The molecule has 100 valence electrons. The van der Waals surface area contributed by atoms with Crippen molar-refractivity contribution >= 4 is 5.97 Å². The van der Waals surface area contributed by atoms with Gasteiger partial charge in [0.05, 0.1) is 13.7 Å². The highest BCUT2D eigenvalue weighted by Gasteiger charge is 2.32. The van der Waals surface area contributed by atoms with Crippen molar-refractivity contribution in [2.45, 2.75) is 57.5 Å². The van der Waals surface area contributed by atoms with Gasteiger partial charge in [-0.25, -0.2) is 0 Å². The maximum absolute atomic E-state index is 11.8. The zero-order valence-electron chi connectivity index (χ0n) is 11.0. The van der Waals surface area contributed by atoms with E-state index in [-0.39, 0.29) is 24.7 Å². The van der Waals surface area contributed by atoms with Gasteiger partial charge in [-0.1, -0.05) is 26.2 Å². The molecule has 1 N–H and O–H groups in total. The van der Waals surface area contributed by atoms with Crippen LogP contribution >= 0.6 is 0 Å². The molecule has 0 aliphatic carbocycles. The van der Waals surface area contributed by atoms with Crippen LogP contribution in [-0.4, -0.2) is 48.3 Å². The molecule has 0 amide bonds. The maximum atomic E-state index is 11.8. The summed E-state index contributed by atoms with van der Waals surface area (Å²) in [5, 5.41) is 9.40. The SMILES string of the molecule is CCCCC(C(=O)OC)N1CCCCC1CO. The van der Waals surface area contributed by atoms with Crippen molar-refractivity contribution in [1.29, 1.82) is 0 Å². The highest BCUT2D eigenvalue weighted by molar-refractivity contribution is 5.75. The summed E-state index contributed by atoms with van der Waals surface area (Å²) in [7, 11) is 1.44. The van der Waals surface area contributed by atoms with Gasteiger partial charge in [0.25, 0.3) is 0 Å². The van der Waals surface area contributed by atoms with E-state index in [0.29, 0.717) is 0 Å². The number of piperidine rings is 1. The van der Waals surface area contributed by atoms with E-state index in [2.05, 4.69) is 11.8 Å². The normalized spacial score (nSPS) is 23.4. The lowest BCUT2D eigenvalue weighted by molar-refractivity contribution is -0.149. The third kappa shape index (κ3) is 3.96. The lowest BCUT2D eigenvalue weighted by Crippen LogP contribution is -2.51. The predicted octanol–water partition coefficient (Wildman–Crippen LogP) is 1.56. The molecule has 0 bridgehead atoms. The lowest BCUT2D eigenvalue weighted by Gasteiger charge is -2.39. The number of esters is 1. The van der Waals surface area contributed by atoms with E-state index in [1.807, 2.05) is 0 Å². The fraction of sp³-hybridized carbons (Fsp3) is 0.923. The minimum atomic E-state index is -0.169. The molecule has 0 aromatic heterocycles. The summed E-state index contributed by atoms with van der Waals surface area (Å²) in [5.74, 6) is -0.154. The fourth-order valence-electron chi connectivity index (χ4n) is 2.58. The average molecular weight is 243 g/mol. The van der Waals surface area contributed by atoms with E-state index in [1.54, 1.807) is 0 Å². The molecule has 1 saturated heterocycles. The second kappa shape index (κ2) is 7.67. The van der Waals surface area contributed by atoms with Gasteiger partial charge in [-0.05, 0) is 25.8 Å². The summed E-state index contributed by atoms with van der Waals surface area (Å²) in [6, 6.07) is -0.0397. The van der Waals surface area contributed by atoms with Crippen molar-refractivity contribution in [3.8, 4) is 0 Å². The highest BCUT2D eigenvalue weighted by atomic mass is 16.5. The van der Waals surface area contributed by atoms with Crippen LogP contribution in [0.4, 0.5) is 0 Å². The van der Waals surface area contributed by atoms with E-state index >= 15 is 0 Å². The third-order valence-electron chi connectivity index (χ3n) is 3.59. The smallest absolute Gasteiger partial charge is 0.323 e. The number of hydrogen-bond acceptors (Lipinski definition) is 4. The van der Waals surface area contributed by atoms with Gasteiger partial charge in [-0.2, -0.15) is 0 Å². The largest absolute Gasteiger partial charge is 0.468 e. The molecule has 2 unspecified atom stereocenters. The number of likely N-dealkylation sites (tertiary alicyclic amines) is 1. The molecule has 4 heteroatoms. The van der Waals surface area contributed by atoms with Gasteiger partial charge in [0.15, 0.2) is 0 Å². The molecule has 1 fully saturated rings. The summed E-state index contributed by atoms with van der Waals surface area (Å²) in [5.41, 5.74) is 0. The van der Waals surface area contributed by atoms with Crippen LogP contribution in [0.25, 0.3) is 0 Å². The molecule has 1 rings (SSSR count). The predicted molar refractivity (Wildman–Crippen MR) is 66.8 cm³/mol. The first-order valence-electron chi connectivity index (χ1n) is 6.69. The second-order valence-electron chi connectivity index (χ2n) is 4.75. The number of aliphatic hydroxyl groups is 1. The number of methoxy groups -OCH3 is 1. The van der Waals surface area contributed by atoms with E-state index in [9.17, 15) is 9.90 Å². The Morgan fingerprint density at radius 1 is 1.53 bits per heavy atom. The molecule has 4 nitrogen and oxygen atoms in total. The molecule has 1 heterocycles. The van der Waals surface area contributed by atoms with Crippen molar-refractivity contribution in [3.05, 3.63) is 0 Å². The van der Waals surface area contributed by atoms with Gasteiger partial charge in [-0.15, -0.1) is 0 Å². The first-order chi connectivity index (χ1) is 8.24. The van der Waals surface area contributed by atoms with Gasteiger partial charge < -0.3 is 9.84 Å². The molecule has 1 aliphatic rings. The van der Waals surface area contributed by atoms with Crippen LogP contribution < -0.4 is 0 Å². The molecule has 0 aromatic rings. The van der Waals surface area contributed by atoms with Crippen LogP contribution in [0.15, 0.2) is 0 Å². The van der Waals surface area contributed by atoms with Gasteiger partial charge in [0, 0.05) is 6.04 Å². The molecule has 0 aromatic carbocycles. The highest BCUT2D eigenvalue weighted by Crippen LogP contribution is 2.22. The van der Waals surface area contributed by atoms with Crippen molar-refractivity contribution < 1.29 is 14.6 Å². The van der Waals surface area contributed by atoms with Crippen LogP contribution in [0, 0.1) is 0 Å². The first kappa shape index (κ1) is 14.5. The van der Waals surface area contributed by atoms with E-state index in [1.165, 1.54) is 7.11 Å². The van der Waals surface area contributed by atoms with Crippen LogP contribution in [0.5, 0.6) is 0 Å². The van der Waals surface area contributed by atoms with Crippen LogP contribution in [0.2, 0.25) is 0 Å². The number of rotatable bonds is 6. The molecule has 17 heavy (non-hydrogen) atoms. The molecule has 2 atom stereocenters. The first-order valence-corrected chi connectivity index (χ1v) is 6.69. The van der Waals surface area contributed by atoms with Crippen LogP contribution in [0.3, 0.4) is 0 Å². The van der Waals surface area contributed by atoms with E-state index < -0.39 is 0 Å². The molecular formula is C13H25NO3. The summed E-state index contributed by atoms with van der Waals surface area (Å²) in [6.07, 6.45) is 6.16. The number of aliphatic hydroxyl groups excluding tert-OH is 1. The van der Waals surface area contributed by atoms with E-state index in [4.69, 9.17) is 4.74 Å². The minimum absolute atomic E-state index is 0.129. The zero-order valence-corrected chi connectivity index (χ0v) is 11.0. The van der Waals surface area contributed by atoms with Gasteiger partial charge in [0.2, 0.25) is 0 Å². The Balaban J connectivity index is 2.68. The monoisotopic (exact) mass is 243 g/mol. The third-order valence-corrected chi connectivity index (χ3v) is 3.59. The number of unbranched alkanes of at least 4 members (excludes halogenated alkanes) is 1. The van der Waals surface area contributed by atoms with Crippen molar-refractivity contribution in [2.24, 2.45) is 0 Å². The lowest BCUT2D eigenvalue weighted by atomic mass is 9.98. The van der Waals surface area contributed by atoms with Crippen LogP contribution in [0.1, 0.15) is 45.4 Å². The Morgan fingerprint density at radius 2 is 2.29 bits per heavy atom. The van der Waals surface area contributed by atoms with Crippen molar-refractivity contribution in [3.63, 3.8) is 0 Å². The number of ether oxygens (including phenoxy) is 1. The Hall–Kier alpha value is -0.610. The summed E-state index contributed by atoms with van der Waals surface area (Å²) >= 11 is 0. The van der Waals surface area contributed by atoms with Crippen molar-refractivity contribution in [2.75, 3.05) is 20.3 Å². The molecule has 1 aliphatic heterocycles. The molecular weight excluding hydrogens is 218 g/mol. The summed E-state index contributed by atoms with van der Waals surface area (Å²) in [4.78, 5) is 14.0. The van der Waals surface area contributed by atoms with Gasteiger partial charge in [-0.3, -0.25) is 9.69 Å². The summed E-state index contributed by atoms with van der Waals surface area (Å²) in [6.45, 7) is 3.16. The van der Waals surface area contributed by atoms with Gasteiger partial charge >= 0.3 is 5.97 Å². The number of carbonyl (C=O) groups excluding carboxylic acids is 1. The topological polar surface area (TPSA) is 49.8 Å². The second-order valence-corrected chi connectivity index (χ2v) is 4.75. The minimum Gasteiger partial charge on any atom is -0.468 e. The Kier molecular flexibility index (Phi) is 6.52. The Labute approximate surface area is 104 Å². The average Bonchev–Trinajstić information content (AvgIpc) is 2.39. The standard InChI is InChI=1S/C13H25NO3/c1-3-4-8-12(13(16)17-2)14-9-6-5-7-11(14)10-15/h11-12,15H,3-10H2,1-2H3. The maximum Gasteiger partial charge on any atom is 0.323 e. The van der Waals surface area contributed by atoms with Crippen molar-refractivity contribution in [1.82, 2.24) is 4.90 Å². The number of nitrogens with zero attached hydrogens (tertiary/aromatic N) is 1. The van der Waals surface area contributed by atoms with Crippen LogP contribution in [-0.2, 0) is 9.53 Å². The zero-order chi connectivity index (χ0) is 12.7. The number of hydrogen-bond donors (Lipinski definition) is 1. The summed E-state index contributed by atoms with van der Waals surface area (Å²) < 4.78 is 4.89. The van der Waals surface area contributed by atoms with E-state index in [0.717, 1.165) is 45.1 Å². The quantitative estimate of drug-likeness (QED) is 0.719. The number of carbonyl (C=O) groups is 1.